The van der Waals surface area contributed by atoms with Gasteiger partial charge in [0.05, 0.1) is 12.3 Å². The summed E-state index contributed by atoms with van der Waals surface area (Å²) in [5.74, 6) is -1.87. The quantitative estimate of drug-likeness (QED) is 0.458. The van der Waals surface area contributed by atoms with E-state index in [0.717, 1.165) is 12.8 Å². The lowest BCUT2D eigenvalue weighted by molar-refractivity contribution is -0.152. The van der Waals surface area contributed by atoms with E-state index in [9.17, 15) is 18.8 Å². The number of hydrogen-bond donors (Lipinski definition) is 2. The van der Waals surface area contributed by atoms with Gasteiger partial charge in [0.15, 0.2) is 6.10 Å². The molecule has 30 heavy (non-hydrogen) atoms. The van der Waals surface area contributed by atoms with Crippen LogP contribution in [0.1, 0.15) is 37.0 Å². The minimum atomic E-state index is -1.16. The normalized spacial score (nSPS) is 11.3. The van der Waals surface area contributed by atoms with Crippen LogP contribution < -0.4 is 15.4 Å². The molecule has 0 unspecified atom stereocenters. The van der Waals surface area contributed by atoms with Gasteiger partial charge in [-0.1, -0.05) is 25.5 Å². The van der Waals surface area contributed by atoms with Crippen LogP contribution in [0, 0.1) is 5.82 Å². The lowest BCUT2D eigenvalue weighted by Gasteiger charge is -2.14. The van der Waals surface area contributed by atoms with E-state index in [1.807, 2.05) is 0 Å². The number of carbonyl (C=O) groups is 3. The van der Waals surface area contributed by atoms with Crippen LogP contribution in [0.25, 0.3) is 0 Å². The Labute approximate surface area is 174 Å². The van der Waals surface area contributed by atoms with Gasteiger partial charge in [-0.15, -0.1) is 0 Å². The molecular formula is C22H25FN2O5. The Morgan fingerprint density at radius 1 is 1.07 bits per heavy atom. The Kier molecular flexibility index (Phi) is 8.80. The molecule has 0 aromatic heterocycles. The van der Waals surface area contributed by atoms with E-state index in [0.29, 0.717) is 17.9 Å². The van der Waals surface area contributed by atoms with Crippen LogP contribution in [-0.2, 0) is 14.3 Å². The first-order valence-corrected chi connectivity index (χ1v) is 9.66. The predicted molar refractivity (Wildman–Crippen MR) is 110 cm³/mol. The fourth-order valence-corrected chi connectivity index (χ4v) is 2.38. The molecule has 0 spiro atoms. The summed E-state index contributed by atoms with van der Waals surface area (Å²) in [7, 11) is 0. The number of benzene rings is 2. The van der Waals surface area contributed by atoms with Crippen molar-refractivity contribution in [2.24, 2.45) is 0 Å². The SMILES string of the molecule is CCCCOc1ccc(C(=O)NCC(=O)O[C@H](C)C(=O)Nc2ccccc2F)cc1. The highest BCUT2D eigenvalue weighted by molar-refractivity contribution is 5.97. The maximum atomic E-state index is 13.6. The Hall–Kier alpha value is -3.42. The first-order chi connectivity index (χ1) is 14.4. The van der Waals surface area contributed by atoms with Gasteiger partial charge in [0, 0.05) is 5.56 Å². The van der Waals surface area contributed by atoms with Crippen LogP contribution in [-0.4, -0.2) is 37.0 Å². The molecule has 0 fully saturated rings. The van der Waals surface area contributed by atoms with Gasteiger partial charge in [-0.25, -0.2) is 4.39 Å². The molecule has 160 valence electrons. The molecule has 2 aromatic carbocycles. The Bertz CT molecular complexity index is 870. The fraction of sp³-hybridized carbons (Fsp3) is 0.318. The Morgan fingerprint density at radius 3 is 2.43 bits per heavy atom. The Morgan fingerprint density at radius 2 is 1.77 bits per heavy atom. The van der Waals surface area contributed by atoms with Crippen molar-refractivity contribution < 1.29 is 28.2 Å². The van der Waals surface area contributed by atoms with E-state index in [2.05, 4.69) is 17.6 Å². The maximum absolute atomic E-state index is 13.6. The summed E-state index contributed by atoms with van der Waals surface area (Å²) in [6.07, 6.45) is 0.815. The number of halogens is 1. The van der Waals surface area contributed by atoms with Gasteiger partial charge in [-0.3, -0.25) is 14.4 Å². The number of para-hydroxylation sites is 1. The average molecular weight is 416 g/mol. The van der Waals surface area contributed by atoms with E-state index in [1.54, 1.807) is 30.3 Å². The van der Waals surface area contributed by atoms with E-state index in [1.165, 1.54) is 25.1 Å². The van der Waals surface area contributed by atoms with Crippen molar-refractivity contribution in [3.63, 3.8) is 0 Å². The highest BCUT2D eigenvalue weighted by atomic mass is 19.1. The highest BCUT2D eigenvalue weighted by Crippen LogP contribution is 2.14. The molecule has 0 aliphatic heterocycles. The van der Waals surface area contributed by atoms with Gasteiger partial charge in [-0.2, -0.15) is 0 Å². The van der Waals surface area contributed by atoms with Crippen molar-refractivity contribution in [3.05, 3.63) is 59.9 Å². The van der Waals surface area contributed by atoms with Crippen molar-refractivity contribution in [1.29, 1.82) is 0 Å². The molecule has 2 N–H and O–H groups in total. The molecule has 0 radical (unpaired) electrons. The molecule has 0 saturated carbocycles. The molecule has 7 nitrogen and oxygen atoms in total. The molecule has 0 heterocycles. The average Bonchev–Trinajstić information content (AvgIpc) is 2.74. The summed E-state index contributed by atoms with van der Waals surface area (Å²) < 4.78 is 24.1. The van der Waals surface area contributed by atoms with Crippen molar-refractivity contribution >= 4 is 23.5 Å². The minimum absolute atomic E-state index is 0.0131. The lowest BCUT2D eigenvalue weighted by Crippen LogP contribution is -2.36. The zero-order chi connectivity index (χ0) is 21.9. The van der Waals surface area contributed by atoms with Gasteiger partial charge in [0.25, 0.3) is 11.8 Å². The van der Waals surface area contributed by atoms with Gasteiger partial charge in [0.2, 0.25) is 0 Å². The number of hydrogen-bond acceptors (Lipinski definition) is 5. The van der Waals surface area contributed by atoms with E-state index < -0.39 is 36.2 Å². The van der Waals surface area contributed by atoms with Crippen molar-refractivity contribution in [2.75, 3.05) is 18.5 Å². The standard InChI is InChI=1S/C22H25FN2O5/c1-3-4-13-29-17-11-9-16(10-12-17)22(28)24-14-20(26)30-15(2)21(27)25-19-8-6-5-7-18(19)23/h5-12,15H,3-4,13-14H2,1-2H3,(H,24,28)(H,25,27)/t15-/m1/s1. The largest absolute Gasteiger partial charge is 0.494 e. The number of ether oxygens (including phenoxy) is 2. The fourth-order valence-electron chi connectivity index (χ4n) is 2.38. The number of anilines is 1. The molecule has 0 aliphatic rings. The van der Waals surface area contributed by atoms with Crippen LogP contribution in [0.5, 0.6) is 5.75 Å². The lowest BCUT2D eigenvalue weighted by atomic mass is 10.2. The molecular weight excluding hydrogens is 391 g/mol. The third kappa shape index (κ3) is 7.20. The molecule has 2 rings (SSSR count). The summed E-state index contributed by atoms with van der Waals surface area (Å²) in [4.78, 5) is 36.1. The zero-order valence-corrected chi connectivity index (χ0v) is 16.9. The highest BCUT2D eigenvalue weighted by Gasteiger charge is 2.19. The number of esters is 1. The molecule has 2 aromatic rings. The Balaban J connectivity index is 1.77. The summed E-state index contributed by atoms with van der Waals surface area (Å²) in [5, 5.41) is 4.77. The number of nitrogens with one attached hydrogen (secondary N) is 2. The van der Waals surface area contributed by atoms with Gasteiger partial charge in [-0.05, 0) is 49.7 Å². The molecule has 1 atom stereocenters. The summed E-state index contributed by atoms with van der Waals surface area (Å²) in [6, 6.07) is 12.2. The summed E-state index contributed by atoms with van der Waals surface area (Å²) >= 11 is 0. The van der Waals surface area contributed by atoms with Crippen molar-refractivity contribution in [1.82, 2.24) is 5.32 Å². The summed E-state index contributed by atoms with van der Waals surface area (Å²) in [6.45, 7) is 3.62. The third-order valence-electron chi connectivity index (χ3n) is 4.09. The third-order valence-corrected chi connectivity index (χ3v) is 4.09. The van der Waals surface area contributed by atoms with Crippen LogP contribution >= 0.6 is 0 Å². The first kappa shape index (κ1) is 22.9. The molecule has 0 aliphatic carbocycles. The number of rotatable bonds is 10. The first-order valence-electron chi connectivity index (χ1n) is 9.66. The van der Waals surface area contributed by atoms with Crippen molar-refractivity contribution in [2.45, 2.75) is 32.8 Å². The molecule has 8 heteroatoms. The monoisotopic (exact) mass is 416 g/mol. The molecule has 0 bridgehead atoms. The molecule has 2 amide bonds. The number of amides is 2. The number of carbonyl (C=O) groups excluding carboxylic acids is 3. The van der Waals surface area contributed by atoms with E-state index in [4.69, 9.17) is 9.47 Å². The van der Waals surface area contributed by atoms with E-state index in [-0.39, 0.29) is 5.69 Å². The smallest absolute Gasteiger partial charge is 0.326 e. The molecule has 0 saturated heterocycles. The maximum Gasteiger partial charge on any atom is 0.326 e. The zero-order valence-electron chi connectivity index (χ0n) is 16.9. The summed E-state index contributed by atoms with van der Waals surface area (Å²) in [5.41, 5.74) is 0.344. The minimum Gasteiger partial charge on any atom is -0.494 e. The second-order valence-electron chi connectivity index (χ2n) is 6.51. The van der Waals surface area contributed by atoms with Crippen LogP contribution in [0.3, 0.4) is 0 Å². The topological polar surface area (TPSA) is 93.7 Å². The van der Waals surface area contributed by atoms with Crippen molar-refractivity contribution in [3.8, 4) is 5.75 Å². The second-order valence-corrected chi connectivity index (χ2v) is 6.51. The van der Waals surface area contributed by atoms with Gasteiger partial charge in [0.1, 0.15) is 18.1 Å². The second kappa shape index (κ2) is 11.5. The van der Waals surface area contributed by atoms with E-state index >= 15 is 0 Å². The van der Waals surface area contributed by atoms with Crippen LogP contribution in [0.4, 0.5) is 10.1 Å². The number of unbranched alkanes of at least 4 members (excludes halogenated alkanes) is 1. The van der Waals surface area contributed by atoms with Crippen LogP contribution in [0.15, 0.2) is 48.5 Å². The van der Waals surface area contributed by atoms with Gasteiger partial charge < -0.3 is 20.1 Å². The van der Waals surface area contributed by atoms with Crippen LogP contribution in [0.2, 0.25) is 0 Å². The predicted octanol–water partition coefficient (Wildman–Crippen LogP) is 3.30. The van der Waals surface area contributed by atoms with Gasteiger partial charge >= 0.3 is 5.97 Å².